The zero-order chi connectivity index (χ0) is 11.1. The van der Waals surface area contributed by atoms with Crippen molar-refractivity contribution in [3.63, 3.8) is 0 Å². The lowest BCUT2D eigenvalue weighted by Gasteiger charge is -2.01. The second-order valence-corrected chi connectivity index (χ2v) is 4.13. The third kappa shape index (κ3) is 4.78. The predicted molar refractivity (Wildman–Crippen MR) is 64.0 cm³/mol. The minimum Gasteiger partial charge on any atom is -0.300 e. The third-order valence-corrected chi connectivity index (χ3v) is 2.62. The van der Waals surface area contributed by atoms with Gasteiger partial charge in [0.15, 0.2) is 0 Å². The lowest BCUT2D eigenvalue weighted by Crippen LogP contribution is -1.99. The Kier molecular flexibility index (Phi) is 5.09. The Balaban J connectivity index is 2.30. The van der Waals surface area contributed by atoms with Crippen molar-refractivity contribution in [3.05, 3.63) is 35.4 Å². The van der Waals surface area contributed by atoms with Gasteiger partial charge in [0.25, 0.3) is 0 Å². The number of aryl methyl sites for hydroxylation is 2. The van der Waals surface area contributed by atoms with Crippen LogP contribution in [0.1, 0.15) is 43.7 Å². The first-order valence-corrected chi connectivity index (χ1v) is 5.79. The average molecular weight is 204 g/mol. The topological polar surface area (TPSA) is 17.1 Å². The highest BCUT2D eigenvalue weighted by atomic mass is 16.1. The summed E-state index contributed by atoms with van der Waals surface area (Å²) in [4.78, 5) is 11.4. The van der Waals surface area contributed by atoms with Crippen LogP contribution in [0, 0.1) is 6.92 Å². The maximum Gasteiger partial charge on any atom is 0.133 e. The molecule has 1 aromatic carbocycles. The number of rotatable bonds is 6. The molecule has 0 atom stereocenters. The molecule has 0 amide bonds. The number of benzene rings is 1. The van der Waals surface area contributed by atoms with Crippen LogP contribution in [-0.2, 0) is 11.2 Å². The van der Waals surface area contributed by atoms with Gasteiger partial charge in [-0.05, 0) is 25.3 Å². The molecule has 0 aromatic heterocycles. The second kappa shape index (κ2) is 6.39. The molecule has 1 rings (SSSR count). The summed E-state index contributed by atoms with van der Waals surface area (Å²) < 4.78 is 0. The van der Waals surface area contributed by atoms with Crippen molar-refractivity contribution in [2.45, 2.75) is 46.0 Å². The minimum absolute atomic E-state index is 0.400. The Labute approximate surface area is 92.5 Å². The molecule has 0 radical (unpaired) electrons. The summed E-state index contributed by atoms with van der Waals surface area (Å²) >= 11 is 0. The fraction of sp³-hybridized carbons (Fsp3) is 0.500. The van der Waals surface area contributed by atoms with E-state index in [9.17, 15) is 4.79 Å². The van der Waals surface area contributed by atoms with E-state index in [-0.39, 0.29) is 0 Å². The Morgan fingerprint density at radius 1 is 1.13 bits per heavy atom. The summed E-state index contributed by atoms with van der Waals surface area (Å²) in [7, 11) is 0. The highest BCUT2D eigenvalue weighted by molar-refractivity contribution is 5.78. The largest absolute Gasteiger partial charge is 0.300 e. The molecule has 0 heterocycles. The first kappa shape index (κ1) is 12.0. The molecule has 0 saturated carbocycles. The molecule has 15 heavy (non-hydrogen) atoms. The zero-order valence-electron chi connectivity index (χ0n) is 9.75. The van der Waals surface area contributed by atoms with E-state index in [0.717, 1.165) is 25.7 Å². The van der Waals surface area contributed by atoms with Crippen molar-refractivity contribution in [1.29, 1.82) is 0 Å². The Hall–Kier alpha value is -1.11. The van der Waals surface area contributed by atoms with Crippen molar-refractivity contribution in [3.8, 4) is 0 Å². The average Bonchev–Trinajstić information content (AvgIpc) is 2.25. The van der Waals surface area contributed by atoms with Gasteiger partial charge in [-0.15, -0.1) is 0 Å². The summed E-state index contributed by atoms with van der Waals surface area (Å²) in [6, 6.07) is 8.43. The number of hydrogen-bond acceptors (Lipinski definition) is 1. The van der Waals surface area contributed by atoms with Crippen molar-refractivity contribution in [2.75, 3.05) is 0 Å². The van der Waals surface area contributed by atoms with Crippen molar-refractivity contribution in [2.24, 2.45) is 0 Å². The van der Waals surface area contributed by atoms with E-state index in [1.165, 1.54) is 11.1 Å². The summed E-state index contributed by atoms with van der Waals surface area (Å²) in [5.41, 5.74) is 2.54. The van der Waals surface area contributed by atoms with E-state index in [1.54, 1.807) is 0 Å². The Bertz CT molecular complexity index is 298. The molecule has 0 saturated heterocycles. The van der Waals surface area contributed by atoms with Crippen LogP contribution in [0.4, 0.5) is 0 Å². The summed E-state index contributed by atoms with van der Waals surface area (Å²) in [5.74, 6) is 0.400. The van der Waals surface area contributed by atoms with Crippen LogP contribution in [-0.4, -0.2) is 5.78 Å². The van der Waals surface area contributed by atoms with Gasteiger partial charge in [-0.2, -0.15) is 0 Å². The zero-order valence-corrected chi connectivity index (χ0v) is 9.75. The summed E-state index contributed by atoms with van der Waals surface area (Å²) in [6.07, 6.45) is 4.48. The summed E-state index contributed by atoms with van der Waals surface area (Å²) in [6.45, 7) is 4.20. The maximum atomic E-state index is 11.4. The van der Waals surface area contributed by atoms with Crippen LogP contribution >= 0.6 is 0 Å². The third-order valence-electron chi connectivity index (χ3n) is 2.62. The highest BCUT2D eigenvalue weighted by Crippen LogP contribution is 2.07. The van der Waals surface area contributed by atoms with Crippen LogP contribution in [0.3, 0.4) is 0 Å². The van der Waals surface area contributed by atoms with Crippen LogP contribution in [0.2, 0.25) is 0 Å². The molecule has 0 bridgehead atoms. The lowest BCUT2D eigenvalue weighted by molar-refractivity contribution is -0.119. The molecular weight excluding hydrogens is 184 g/mol. The Morgan fingerprint density at radius 2 is 1.80 bits per heavy atom. The molecule has 82 valence electrons. The monoisotopic (exact) mass is 204 g/mol. The molecular formula is C14H20O. The smallest absolute Gasteiger partial charge is 0.133 e. The molecule has 0 N–H and O–H groups in total. The molecule has 0 unspecified atom stereocenters. The van der Waals surface area contributed by atoms with Crippen LogP contribution in [0.5, 0.6) is 0 Å². The van der Waals surface area contributed by atoms with E-state index < -0.39 is 0 Å². The van der Waals surface area contributed by atoms with Gasteiger partial charge in [-0.1, -0.05) is 43.2 Å². The lowest BCUT2D eigenvalue weighted by atomic mass is 10.0. The first-order chi connectivity index (χ1) is 7.22. The first-order valence-electron chi connectivity index (χ1n) is 5.79. The number of ketones is 1. The van der Waals surface area contributed by atoms with Gasteiger partial charge in [0.05, 0.1) is 0 Å². The maximum absolute atomic E-state index is 11.4. The number of Topliss-reactive ketones (excluding diaryl/α,β-unsaturated/α-hetero) is 1. The van der Waals surface area contributed by atoms with Crippen LogP contribution in [0.15, 0.2) is 24.3 Å². The van der Waals surface area contributed by atoms with Gasteiger partial charge in [-0.3, -0.25) is 4.79 Å². The van der Waals surface area contributed by atoms with E-state index >= 15 is 0 Å². The molecule has 1 nitrogen and oxygen atoms in total. The predicted octanol–water partition coefficient (Wildman–Crippen LogP) is 3.69. The van der Waals surface area contributed by atoms with Crippen LogP contribution in [0.25, 0.3) is 0 Å². The highest BCUT2D eigenvalue weighted by Gasteiger charge is 2.01. The number of carbonyl (C=O) groups excluding carboxylic acids is 1. The molecule has 1 heteroatoms. The Morgan fingerprint density at radius 3 is 2.40 bits per heavy atom. The van der Waals surface area contributed by atoms with Gasteiger partial charge in [-0.25, -0.2) is 0 Å². The van der Waals surface area contributed by atoms with Gasteiger partial charge in [0.2, 0.25) is 0 Å². The van der Waals surface area contributed by atoms with Gasteiger partial charge >= 0.3 is 0 Å². The molecule has 0 aliphatic carbocycles. The summed E-state index contributed by atoms with van der Waals surface area (Å²) in [5, 5.41) is 0. The minimum atomic E-state index is 0.400. The van der Waals surface area contributed by atoms with E-state index in [4.69, 9.17) is 0 Å². The van der Waals surface area contributed by atoms with Crippen molar-refractivity contribution < 1.29 is 4.79 Å². The molecule has 0 fully saturated rings. The van der Waals surface area contributed by atoms with E-state index in [0.29, 0.717) is 12.2 Å². The fourth-order valence-electron chi connectivity index (χ4n) is 1.54. The molecule has 1 aromatic rings. The van der Waals surface area contributed by atoms with E-state index in [1.807, 2.05) is 0 Å². The molecule has 0 spiro atoms. The number of unbranched alkanes of at least 4 members (excludes halogenated alkanes) is 1. The van der Waals surface area contributed by atoms with Gasteiger partial charge in [0, 0.05) is 12.8 Å². The van der Waals surface area contributed by atoms with Gasteiger partial charge in [0.1, 0.15) is 5.78 Å². The SMILES string of the molecule is CCCCC(=O)CCc1ccc(C)cc1. The van der Waals surface area contributed by atoms with E-state index in [2.05, 4.69) is 38.1 Å². The number of carbonyl (C=O) groups is 1. The van der Waals surface area contributed by atoms with Crippen LogP contribution < -0.4 is 0 Å². The molecule has 0 aliphatic rings. The second-order valence-electron chi connectivity index (χ2n) is 4.13. The van der Waals surface area contributed by atoms with Gasteiger partial charge < -0.3 is 0 Å². The van der Waals surface area contributed by atoms with Crippen molar-refractivity contribution in [1.82, 2.24) is 0 Å². The fourth-order valence-corrected chi connectivity index (χ4v) is 1.54. The number of hydrogen-bond donors (Lipinski definition) is 0. The van der Waals surface area contributed by atoms with Crippen molar-refractivity contribution >= 4 is 5.78 Å². The normalized spacial score (nSPS) is 10.3. The quantitative estimate of drug-likeness (QED) is 0.690. The standard InChI is InChI=1S/C14H20O/c1-3-4-5-14(15)11-10-13-8-6-12(2)7-9-13/h6-9H,3-5,10-11H2,1-2H3. The molecule has 0 aliphatic heterocycles.